The van der Waals surface area contributed by atoms with Crippen LogP contribution in [-0.4, -0.2) is 26.5 Å². The summed E-state index contributed by atoms with van der Waals surface area (Å²) < 4.78 is 0. The Morgan fingerprint density at radius 3 is 2.53 bits per heavy atom. The number of thioether (sulfide) groups is 1. The molecule has 0 aliphatic rings. The number of rotatable bonds is 4. The Kier molecular flexibility index (Phi) is 3.85. The molecule has 0 saturated heterocycles. The maximum atomic E-state index is 10.8. The molecule has 15 heavy (non-hydrogen) atoms. The van der Waals surface area contributed by atoms with Crippen LogP contribution in [0.1, 0.15) is 13.3 Å². The van der Waals surface area contributed by atoms with Gasteiger partial charge in [0.05, 0.1) is 0 Å². The van der Waals surface area contributed by atoms with E-state index in [0.29, 0.717) is 11.3 Å². The molecule has 0 amide bonds. The highest BCUT2D eigenvalue weighted by atomic mass is 32.2. The fourth-order valence-corrected chi connectivity index (χ4v) is 1.97. The maximum absolute atomic E-state index is 10.8. The van der Waals surface area contributed by atoms with Gasteiger partial charge in [-0.2, -0.15) is 0 Å². The molecular formula is C10H12O4S. The first-order valence-corrected chi connectivity index (χ1v) is 5.34. The molecule has 1 rings (SSSR count). The number of hydrogen-bond donors (Lipinski definition) is 3. The van der Waals surface area contributed by atoms with E-state index < -0.39 is 11.2 Å². The summed E-state index contributed by atoms with van der Waals surface area (Å²) in [5, 5.41) is 26.6. The Labute approximate surface area is 91.6 Å². The van der Waals surface area contributed by atoms with E-state index >= 15 is 0 Å². The van der Waals surface area contributed by atoms with Crippen molar-refractivity contribution in [3.8, 4) is 11.5 Å². The van der Waals surface area contributed by atoms with E-state index in [1.807, 2.05) is 0 Å². The van der Waals surface area contributed by atoms with Gasteiger partial charge in [0, 0.05) is 4.90 Å². The highest BCUT2D eigenvalue weighted by molar-refractivity contribution is 8.00. The topological polar surface area (TPSA) is 77.8 Å². The van der Waals surface area contributed by atoms with Crippen LogP contribution in [0.15, 0.2) is 23.1 Å². The van der Waals surface area contributed by atoms with E-state index in [-0.39, 0.29) is 11.5 Å². The number of phenolic OH excluding ortho intramolecular Hbond substituents is 2. The molecule has 0 aliphatic carbocycles. The fourth-order valence-electron chi connectivity index (χ4n) is 1.05. The summed E-state index contributed by atoms with van der Waals surface area (Å²) in [6.07, 6.45) is 0.502. The summed E-state index contributed by atoms with van der Waals surface area (Å²) in [5.74, 6) is -1.32. The van der Waals surface area contributed by atoms with Gasteiger partial charge in [0.15, 0.2) is 11.5 Å². The van der Waals surface area contributed by atoms with Crippen LogP contribution in [0.4, 0.5) is 0 Å². The highest BCUT2D eigenvalue weighted by Crippen LogP contribution is 2.32. The lowest BCUT2D eigenvalue weighted by atomic mass is 10.3. The minimum Gasteiger partial charge on any atom is -0.504 e. The van der Waals surface area contributed by atoms with E-state index in [9.17, 15) is 9.90 Å². The summed E-state index contributed by atoms with van der Waals surface area (Å²) in [5.41, 5.74) is 0. The second kappa shape index (κ2) is 4.93. The lowest BCUT2D eigenvalue weighted by Crippen LogP contribution is -2.14. The second-order valence-electron chi connectivity index (χ2n) is 3.00. The molecule has 0 radical (unpaired) electrons. The van der Waals surface area contributed by atoms with Crippen LogP contribution in [-0.2, 0) is 4.79 Å². The van der Waals surface area contributed by atoms with Crippen LogP contribution in [0.3, 0.4) is 0 Å². The number of aliphatic carboxylic acids is 1. The van der Waals surface area contributed by atoms with E-state index in [2.05, 4.69) is 0 Å². The van der Waals surface area contributed by atoms with Gasteiger partial charge in [-0.3, -0.25) is 4.79 Å². The third-order valence-electron chi connectivity index (χ3n) is 1.87. The summed E-state index contributed by atoms with van der Waals surface area (Å²) in [4.78, 5) is 11.4. The smallest absolute Gasteiger partial charge is 0.316 e. The number of benzene rings is 1. The Morgan fingerprint density at radius 2 is 2.07 bits per heavy atom. The van der Waals surface area contributed by atoms with Gasteiger partial charge in [0.25, 0.3) is 0 Å². The van der Waals surface area contributed by atoms with Crippen molar-refractivity contribution in [3.63, 3.8) is 0 Å². The predicted octanol–water partition coefficient (Wildman–Crippen LogP) is 2.05. The highest BCUT2D eigenvalue weighted by Gasteiger charge is 2.16. The molecule has 0 spiro atoms. The number of phenols is 2. The van der Waals surface area contributed by atoms with Gasteiger partial charge >= 0.3 is 5.97 Å². The molecule has 3 N–H and O–H groups in total. The van der Waals surface area contributed by atoms with E-state index in [1.54, 1.807) is 13.0 Å². The summed E-state index contributed by atoms with van der Waals surface area (Å²) >= 11 is 1.15. The van der Waals surface area contributed by atoms with Gasteiger partial charge in [0.1, 0.15) is 5.25 Å². The molecule has 0 heterocycles. The molecule has 0 aliphatic heterocycles. The SMILES string of the molecule is CCC(Sc1ccc(O)c(O)c1)C(=O)O. The zero-order valence-corrected chi connectivity index (χ0v) is 8.99. The predicted molar refractivity (Wildman–Crippen MR) is 57.3 cm³/mol. The van der Waals surface area contributed by atoms with E-state index in [1.165, 1.54) is 12.1 Å². The van der Waals surface area contributed by atoms with Crippen LogP contribution in [0.2, 0.25) is 0 Å². The van der Waals surface area contributed by atoms with Crippen LogP contribution in [0, 0.1) is 0 Å². The van der Waals surface area contributed by atoms with Crippen LogP contribution in [0.5, 0.6) is 11.5 Å². The number of carboxylic acid groups (broad SMARTS) is 1. The average Bonchev–Trinajstić information content (AvgIpc) is 2.19. The summed E-state index contributed by atoms with van der Waals surface area (Å²) in [7, 11) is 0. The molecule has 0 aromatic heterocycles. The van der Waals surface area contributed by atoms with Crippen molar-refractivity contribution in [3.05, 3.63) is 18.2 Å². The second-order valence-corrected chi connectivity index (χ2v) is 4.28. The van der Waals surface area contributed by atoms with Crippen molar-refractivity contribution in [2.45, 2.75) is 23.5 Å². The van der Waals surface area contributed by atoms with Gasteiger partial charge in [-0.25, -0.2) is 0 Å². The quantitative estimate of drug-likeness (QED) is 0.543. The first-order valence-electron chi connectivity index (χ1n) is 4.46. The van der Waals surface area contributed by atoms with Crippen molar-refractivity contribution >= 4 is 17.7 Å². The molecule has 4 nitrogen and oxygen atoms in total. The van der Waals surface area contributed by atoms with Crippen molar-refractivity contribution in [1.29, 1.82) is 0 Å². The first-order chi connectivity index (χ1) is 7.04. The normalized spacial score (nSPS) is 12.3. The monoisotopic (exact) mass is 228 g/mol. The zero-order valence-electron chi connectivity index (χ0n) is 8.17. The van der Waals surface area contributed by atoms with Gasteiger partial charge < -0.3 is 15.3 Å². The molecule has 1 unspecified atom stereocenters. The maximum Gasteiger partial charge on any atom is 0.316 e. The van der Waals surface area contributed by atoms with Crippen LogP contribution < -0.4 is 0 Å². The third kappa shape index (κ3) is 3.06. The van der Waals surface area contributed by atoms with Gasteiger partial charge in [-0.05, 0) is 24.6 Å². The number of aromatic hydroxyl groups is 2. The minimum absolute atomic E-state index is 0.206. The van der Waals surface area contributed by atoms with Crippen LogP contribution in [0.25, 0.3) is 0 Å². The Hall–Kier alpha value is -1.36. The van der Waals surface area contributed by atoms with Gasteiger partial charge in [-0.1, -0.05) is 6.92 Å². The first kappa shape index (κ1) is 11.7. The van der Waals surface area contributed by atoms with Crippen molar-refractivity contribution in [2.75, 3.05) is 0 Å². The van der Waals surface area contributed by atoms with E-state index in [4.69, 9.17) is 10.2 Å². The Balaban J connectivity index is 2.80. The zero-order chi connectivity index (χ0) is 11.4. The minimum atomic E-state index is -0.880. The Morgan fingerprint density at radius 1 is 1.40 bits per heavy atom. The average molecular weight is 228 g/mol. The molecule has 1 aromatic rings. The number of carboxylic acids is 1. The summed E-state index contributed by atoms with van der Waals surface area (Å²) in [6.45, 7) is 1.78. The molecule has 5 heteroatoms. The van der Waals surface area contributed by atoms with Crippen molar-refractivity contribution < 1.29 is 20.1 Å². The number of hydrogen-bond acceptors (Lipinski definition) is 4. The number of carbonyl (C=O) groups is 1. The van der Waals surface area contributed by atoms with Crippen molar-refractivity contribution in [2.24, 2.45) is 0 Å². The fraction of sp³-hybridized carbons (Fsp3) is 0.300. The molecule has 1 atom stereocenters. The van der Waals surface area contributed by atoms with Gasteiger partial charge in [-0.15, -0.1) is 11.8 Å². The lowest BCUT2D eigenvalue weighted by molar-refractivity contribution is -0.136. The van der Waals surface area contributed by atoms with E-state index in [0.717, 1.165) is 11.8 Å². The third-order valence-corrected chi connectivity index (χ3v) is 3.22. The molecular weight excluding hydrogens is 216 g/mol. The lowest BCUT2D eigenvalue weighted by Gasteiger charge is -2.09. The summed E-state index contributed by atoms with van der Waals surface area (Å²) in [6, 6.07) is 4.27. The van der Waals surface area contributed by atoms with Crippen molar-refractivity contribution in [1.82, 2.24) is 0 Å². The molecule has 0 fully saturated rings. The molecule has 0 saturated carbocycles. The molecule has 1 aromatic carbocycles. The Bertz CT molecular complexity index is 364. The van der Waals surface area contributed by atoms with Crippen LogP contribution >= 0.6 is 11.8 Å². The standard InChI is InChI=1S/C10H12O4S/c1-2-9(10(13)14)15-6-3-4-7(11)8(12)5-6/h3-5,9,11-12H,2H2,1H3,(H,13,14). The largest absolute Gasteiger partial charge is 0.504 e. The van der Waals surface area contributed by atoms with Gasteiger partial charge in [0.2, 0.25) is 0 Å². The molecule has 0 bridgehead atoms. The molecule has 82 valence electrons.